The van der Waals surface area contributed by atoms with Gasteiger partial charge < -0.3 is 9.64 Å². The first-order valence-corrected chi connectivity index (χ1v) is 13.5. The van der Waals surface area contributed by atoms with Crippen LogP contribution in [0.25, 0.3) is 16.9 Å². The van der Waals surface area contributed by atoms with E-state index < -0.39 is 0 Å². The van der Waals surface area contributed by atoms with Crippen molar-refractivity contribution in [3.05, 3.63) is 87.2 Å². The smallest absolute Gasteiger partial charge is 0.264 e. The number of hydrogen-bond donors (Lipinski definition) is 1. The van der Waals surface area contributed by atoms with Crippen LogP contribution in [0.3, 0.4) is 0 Å². The number of carbonyl (C=O) groups excluding carboxylic acids is 2. The predicted molar refractivity (Wildman–Crippen MR) is 147 cm³/mol. The number of nitrogens with one attached hydrogen (secondary N) is 1. The third kappa shape index (κ3) is 6.22. The van der Waals surface area contributed by atoms with Crippen LogP contribution in [-0.4, -0.2) is 52.1 Å². The maximum absolute atomic E-state index is 13.3. The first kappa shape index (κ1) is 25.5. The second-order valence-electron chi connectivity index (χ2n) is 8.65. The molecule has 1 atom stereocenters. The Hall–Kier alpha value is -3.17. The first-order chi connectivity index (χ1) is 18.0. The minimum absolute atomic E-state index is 0.0818. The van der Waals surface area contributed by atoms with Gasteiger partial charge in [0.15, 0.2) is 0 Å². The summed E-state index contributed by atoms with van der Waals surface area (Å²) in [5.74, 6) is -0.238. The molecule has 0 aliphatic carbocycles. The van der Waals surface area contributed by atoms with Crippen LogP contribution in [0.4, 0.5) is 5.95 Å². The van der Waals surface area contributed by atoms with Crippen molar-refractivity contribution in [3.63, 3.8) is 0 Å². The number of imidazole rings is 1. The summed E-state index contributed by atoms with van der Waals surface area (Å²) in [5.41, 5.74) is 2.23. The number of aromatic nitrogens is 2. The summed E-state index contributed by atoms with van der Waals surface area (Å²) in [5, 5.41) is 5.92. The molecule has 10 heteroatoms. The van der Waals surface area contributed by atoms with Gasteiger partial charge in [0.1, 0.15) is 6.54 Å². The third-order valence-electron chi connectivity index (χ3n) is 5.99. The third-order valence-corrected chi connectivity index (χ3v) is 7.33. The molecule has 2 aromatic heterocycles. The maximum Gasteiger partial charge on any atom is 0.264 e. The number of nitrogens with zero attached hydrogens (tertiary/aromatic N) is 3. The zero-order valence-electron chi connectivity index (χ0n) is 19.8. The maximum atomic E-state index is 13.3. The number of amides is 2. The van der Waals surface area contributed by atoms with Gasteiger partial charge in [-0.2, -0.15) is 0 Å². The van der Waals surface area contributed by atoms with Crippen LogP contribution >= 0.6 is 34.5 Å². The van der Waals surface area contributed by atoms with Crippen LogP contribution in [0, 0.1) is 0 Å². The topological polar surface area (TPSA) is 76.5 Å². The molecule has 1 fully saturated rings. The van der Waals surface area contributed by atoms with E-state index in [0.29, 0.717) is 39.7 Å². The van der Waals surface area contributed by atoms with Crippen molar-refractivity contribution in [2.75, 3.05) is 25.0 Å². The summed E-state index contributed by atoms with van der Waals surface area (Å²) >= 11 is 13.6. The largest absolute Gasteiger partial charge is 0.376 e. The molecule has 0 unspecified atom stereocenters. The molecule has 37 heavy (non-hydrogen) atoms. The molecular weight excluding hydrogens is 531 g/mol. The molecule has 1 N–H and O–H groups in total. The SMILES string of the molecule is O=C(CN(C[C@@H]1CCCO1)C(=O)c1cccs1)Nc1nc(-c2ccc(Cl)cc2)cn1-c1cccc(Cl)c1. The Bertz CT molecular complexity index is 1380. The van der Waals surface area contributed by atoms with Gasteiger partial charge in [-0.25, -0.2) is 4.98 Å². The Labute approximate surface area is 228 Å². The van der Waals surface area contributed by atoms with Gasteiger partial charge >= 0.3 is 0 Å². The van der Waals surface area contributed by atoms with E-state index in [1.807, 2.05) is 41.9 Å². The summed E-state index contributed by atoms with van der Waals surface area (Å²) in [6, 6.07) is 18.1. The van der Waals surface area contributed by atoms with Crippen molar-refractivity contribution in [1.82, 2.24) is 14.5 Å². The minimum Gasteiger partial charge on any atom is -0.376 e. The second kappa shape index (κ2) is 11.5. The number of carbonyl (C=O) groups is 2. The van der Waals surface area contributed by atoms with E-state index in [0.717, 1.165) is 24.1 Å². The minimum atomic E-state index is -0.362. The van der Waals surface area contributed by atoms with Gasteiger partial charge in [0.2, 0.25) is 11.9 Å². The quantitative estimate of drug-likeness (QED) is 0.282. The van der Waals surface area contributed by atoms with Crippen LogP contribution in [0.15, 0.2) is 72.2 Å². The lowest BCUT2D eigenvalue weighted by Gasteiger charge is -2.24. The lowest BCUT2D eigenvalue weighted by molar-refractivity contribution is -0.117. The summed E-state index contributed by atoms with van der Waals surface area (Å²) in [4.78, 5) is 33.3. The van der Waals surface area contributed by atoms with Gasteiger partial charge in [-0.15, -0.1) is 11.3 Å². The molecule has 2 aromatic carbocycles. The van der Waals surface area contributed by atoms with Crippen LogP contribution in [-0.2, 0) is 9.53 Å². The molecule has 5 rings (SSSR count). The molecule has 0 saturated carbocycles. The van der Waals surface area contributed by atoms with Crippen molar-refractivity contribution in [2.45, 2.75) is 18.9 Å². The van der Waals surface area contributed by atoms with Crippen molar-refractivity contribution in [1.29, 1.82) is 0 Å². The normalized spacial score (nSPS) is 15.0. The number of rotatable bonds is 8. The molecule has 0 radical (unpaired) electrons. The molecule has 1 saturated heterocycles. The van der Waals surface area contributed by atoms with E-state index in [1.165, 1.54) is 11.3 Å². The fourth-order valence-corrected chi connectivity index (χ4v) is 5.20. The molecule has 190 valence electrons. The van der Waals surface area contributed by atoms with E-state index in [2.05, 4.69) is 10.3 Å². The Morgan fingerprint density at radius 2 is 1.95 bits per heavy atom. The van der Waals surface area contributed by atoms with E-state index in [-0.39, 0.29) is 24.5 Å². The summed E-state index contributed by atoms with van der Waals surface area (Å²) < 4.78 is 7.50. The number of anilines is 1. The lowest BCUT2D eigenvalue weighted by Crippen LogP contribution is -2.42. The van der Waals surface area contributed by atoms with Crippen LogP contribution in [0.5, 0.6) is 0 Å². The van der Waals surface area contributed by atoms with Gasteiger partial charge in [0, 0.05) is 40.6 Å². The zero-order valence-corrected chi connectivity index (χ0v) is 22.1. The Kier molecular flexibility index (Phi) is 7.90. The van der Waals surface area contributed by atoms with Gasteiger partial charge in [-0.3, -0.25) is 19.5 Å². The average molecular weight is 555 g/mol. The average Bonchev–Trinajstić information content (AvgIpc) is 3.66. The highest BCUT2D eigenvalue weighted by atomic mass is 35.5. The van der Waals surface area contributed by atoms with Gasteiger partial charge in [0.05, 0.1) is 16.7 Å². The highest BCUT2D eigenvalue weighted by molar-refractivity contribution is 7.12. The van der Waals surface area contributed by atoms with Crippen molar-refractivity contribution in [3.8, 4) is 16.9 Å². The van der Waals surface area contributed by atoms with Crippen LogP contribution < -0.4 is 5.32 Å². The van der Waals surface area contributed by atoms with E-state index in [4.69, 9.17) is 27.9 Å². The highest BCUT2D eigenvalue weighted by Crippen LogP contribution is 2.27. The molecule has 4 aromatic rings. The molecule has 0 spiro atoms. The van der Waals surface area contributed by atoms with Crippen molar-refractivity contribution < 1.29 is 14.3 Å². The number of ether oxygens (including phenoxy) is 1. The number of benzene rings is 2. The van der Waals surface area contributed by atoms with E-state index >= 15 is 0 Å². The monoisotopic (exact) mass is 554 g/mol. The highest BCUT2D eigenvalue weighted by Gasteiger charge is 2.26. The summed E-state index contributed by atoms with van der Waals surface area (Å²) in [6.07, 6.45) is 3.55. The van der Waals surface area contributed by atoms with Crippen molar-refractivity contribution in [2.24, 2.45) is 0 Å². The van der Waals surface area contributed by atoms with E-state index in [9.17, 15) is 9.59 Å². The lowest BCUT2D eigenvalue weighted by atomic mass is 10.2. The van der Waals surface area contributed by atoms with Gasteiger partial charge in [-0.05, 0) is 54.6 Å². The standard InChI is InChI=1S/C27H24Cl2N4O3S/c28-19-10-8-18(9-11-19)23-16-33(21-5-1-4-20(29)14-21)27(30-23)31-25(34)17-32(15-22-6-2-12-36-22)26(35)24-7-3-13-37-24/h1,3-5,7-11,13-14,16,22H,2,6,12,15,17H2,(H,30,31,34)/t22-/m0/s1. The van der Waals surface area contributed by atoms with Gasteiger partial charge in [0.25, 0.3) is 5.91 Å². The number of hydrogen-bond acceptors (Lipinski definition) is 5. The van der Waals surface area contributed by atoms with E-state index in [1.54, 1.807) is 39.8 Å². The molecule has 2 amide bonds. The number of halogens is 2. The summed E-state index contributed by atoms with van der Waals surface area (Å²) in [7, 11) is 0. The zero-order chi connectivity index (χ0) is 25.8. The number of thiophene rings is 1. The van der Waals surface area contributed by atoms with Crippen LogP contribution in [0.2, 0.25) is 10.0 Å². The second-order valence-corrected chi connectivity index (χ2v) is 10.5. The molecule has 0 bridgehead atoms. The van der Waals surface area contributed by atoms with Gasteiger partial charge in [-0.1, -0.05) is 47.5 Å². The van der Waals surface area contributed by atoms with Crippen molar-refractivity contribution >= 4 is 52.3 Å². The molecule has 1 aliphatic heterocycles. The van der Waals surface area contributed by atoms with Crippen LogP contribution in [0.1, 0.15) is 22.5 Å². The molecule has 1 aliphatic rings. The molecule has 7 nitrogen and oxygen atoms in total. The molecular formula is C27H24Cl2N4O3S. The first-order valence-electron chi connectivity index (χ1n) is 11.8. The fourth-order valence-electron chi connectivity index (χ4n) is 4.20. The summed E-state index contributed by atoms with van der Waals surface area (Å²) in [6.45, 7) is 0.890. The predicted octanol–water partition coefficient (Wildman–Crippen LogP) is 6.17. The Morgan fingerprint density at radius 1 is 1.11 bits per heavy atom. The molecule has 3 heterocycles. The fraction of sp³-hybridized carbons (Fsp3) is 0.222. The Balaban J connectivity index is 1.41. The Morgan fingerprint density at radius 3 is 2.65 bits per heavy atom.